The van der Waals surface area contributed by atoms with Crippen LogP contribution in [-0.4, -0.2) is 19.2 Å². The van der Waals surface area contributed by atoms with Gasteiger partial charge in [-0.3, -0.25) is 0 Å². The SMILES string of the molecule is C=C(CNC1CC1)COc1ccc2c(c1)CCC2. The fourth-order valence-corrected chi connectivity index (χ4v) is 2.45. The van der Waals surface area contributed by atoms with Crippen LogP contribution in [-0.2, 0) is 12.8 Å². The molecule has 2 aliphatic carbocycles. The van der Waals surface area contributed by atoms with Crippen LogP contribution in [0.15, 0.2) is 30.4 Å². The maximum atomic E-state index is 5.81. The van der Waals surface area contributed by atoms with Gasteiger partial charge in [-0.2, -0.15) is 0 Å². The molecule has 0 amide bonds. The van der Waals surface area contributed by atoms with E-state index in [0.29, 0.717) is 6.61 Å². The molecule has 1 saturated carbocycles. The van der Waals surface area contributed by atoms with Gasteiger partial charge in [0.15, 0.2) is 0 Å². The van der Waals surface area contributed by atoms with Crippen molar-refractivity contribution in [3.63, 3.8) is 0 Å². The average molecular weight is 243 g/mol. The summed E-state index contributed by atoms with van der Waals surface area (Å²) in [5, 5.41) is 3.45. The molecule has 1 aromatic carbocycles. The highest BCUT2D eigenvalue weighted by Crippen LogP contribution is 2.26. The predicted molar refractivity (Wildman–Crippen MR) is 74.1 cm³/mol. The molecule has 0 heterocycles. The first kappa shape index (κ1) is 11.8. The molecule has 0 bridgehead atoms. The molecule has 96 valence electrons. The van der Waals surface area contributed by atoms with E-state index in [1.807, 2.05) is 0 Å². The highest BCUT2D eigenvalue weighted by atomic mass is 16.5. The number of nitrogens with one attached hydrogen (secondary N) is 1. The van der Waals surface area contributed by atoms with E-state index in [0.717, 1.165) is 23.9 Å². The van der Waals surface area contributed by atoms with Gasteiger partial charge in [-0.15, -0.1) is 0 Å². The van der Waals surface area contributed by atoms with Gasteiger partial charge in [-0.25, -0.2) is 0 Å². The highest BCUT2D eigenvalue weighted by Gasteiger charge is 2.20. The van der Waals surface area contributed by atoms with Gasteiger partial charge in [0.05, 0.1) is 0 Å². The van der Waals surface area contributed by atoms with E-state index in [-0.39, 0.29) is 0 Å². The number of hydrogen-bond acceptors (Lipinski definition) is 2. The highest BCUT2D eigenvalue weighted by molar-refractivity contribution is 5.38. The van der Waals surface area contributed by atoms with E-state index in [1.54, 1.807) is 0 Å². The Morgan fingerprint density at radius 2 is 2.11 bits per heavy atom. The number of ether oxygens (including phenoxy) is 1. The first-order valence-electron chi connectivity index (χ1n) is 6.96. The second kappa shape index (κ2) is 5.15. The van der Waals surface area contributed by atoms with Crippen molar-refractivity contribution in [2.45, 2.75) is 38.1 Å². The van der Waals surface area contributed by atoms with Gasteiger partial charge >= 0.3 is 0 Å². The lowest BCUT2D eigenvalue weighted by Crippen LogP contribution is -2.21. The number of hydrogen-bond donors (Lipinski definition) is 1. The number of rotatable bonds is 6. The summed E-state index contributed by atoms with van der Waals surface area (Å²) in [6, 6.07) is 7.24. The van der Waals surface area contributed by atoms with E-state index < -0.39 is 0 Å². The van der Waals surface area contributed by atoms with Crippen molar-refractivity contribution in [1.29, 1.82) is 0 Å². The summed E-state index contributed by atoms with van der Waals surface area (Å²) in [5.41, 5.74) is 4.09. The maximum absolute atomic E-state index is 5.81. The van der Waals surface area contributed by atoms with Gasteiger partial charge in [0, 0.05) is 12.6 Å². The Bertz CT molecular complexity index is 448. The molecule has 2 aliphatic rings. The summed E-state index contributed by atoms with van der Waals surface area (Å²) >= 11 is 0. The van der Waals surface area contributed by atoms with Crippen LogP contribution < -0.4 is 10.1 Å². The summed E-state index contributed by atoms with van der Waals surface area (Å²) in [6.45, 7) is 5.56. The Morgan fingerprint density at radius 3 is 2.94 bits per heavy atom. The lowest BCUT2D eigenvalue weighted by atomic mass is 10.1. The monoisotopic (exact) mass is 243 g/mol. The minimum Gasteiger partial charge on any atom is -0.489 e. The second-order valence-electron chi connectivity index (χ2n) is 5.48. The molecule has 1 fully saturated rings. The Hall–Kier alpha value is -1.28. The quantitative estimate of drug-likeness (QED) is 0.776. The minimum atomic E-state index is 0.624. The lowest BCUT2D eigenvalue weighted by molar-refractivity contribution is 0.348. The van der Waals surface area contributed by atoms with Crippen LogP contribution >= 0.6 is 0 Å². The van der Waals surface area contributed by atoms with Crippen molar-refractivity contribution in [3.8, 4) is 5.75 Å². The molecule has 0 aliphatic heterocycles. The van der Waals surface area contributed by atoms with E-state index in [9.17, 15) is 0 Å². The van der Waals surface area contributed by atoms with E-state index >= 15 is 0 Å². The van der Waals surface area contributed by atoms with Gasteiger partial charge in [0.1, 0.15) is 12.4 Å². The molecule has 0 unspecified atom stereocenters. The van der Waals surface area contributed by atoms with E-state index in [2.05, 4.69) is 30.1 Å². The van der Waals surface area contributed by atoms with Crippen LogP contribution in [0.25, 0.3) is 0 Å². The molecule has 0 aromatic heterocycles. The molecule has 18 heavy (non-hydrogen) atoms. The average Bonchev–Trinajstić information content (AvgIpc) is 3.10. The number of benzene rings is 1. The van der Waals surface area contributed by atoms with Crippen LogP contribution in [0.4, 0.5) is 0 Å². The molecule has 0 spiro atoms. The summed E-state index contributed by atoms with van der Waals surface area (Å²) in [6.07, 6.45) is 6.36. The normalized spacial score (nSPS) is 17.6. The van der Waals surface area contributed by atoms with Gasteiger partial charge < -0.3 is 10.1 Å². The minimum absolute atomic E-state index is 0.624. The Labute approximate surface area is 109 Å². The van der Waals surface area contributed by atoms with Crippen molar-refractivity contribution in [1.82, 2.24) is 5.32 Å². The van der Waals surface area contributed by atoms with Crippen molar-refractivity contribution >= 4 is 0 Å². The van der Waals surface area contributed by atoms with Crippen LogP contribution in [0.5, 0.6) is 5.75 Å². The zero-order valence-corrected chi connectivity index (χ0v) is 10.9. The molecule has 0 saturated heterocycles. The van der Waals surface area contributed by atoms with Crippen molar-refractivity contribution < 1.29 is 4.74 Å². The Balaban J connectivity index is 1.48. The van der Waals surface area contributed by atoms with Gasteiger partial charge in [-0.05, 0) is 60.9 Å². The van der Waals surface area contributed by atoms with Crippen LogP contribution in [0, 0.1) is 0 Å². The van der Waals surface area contributed by atoms with E-state index in [1.165, 1.54) is 43.2 Å². The van der Waals surface area contributed by atoms with Crippen LogP contribution in [0.2, 0.25) is 0 Å². The summed E-state index contributed by atoms with van der Waals surface area (Å²) in [7, 11) is 0. The van der Waals surface area contributed by atoms with Crippen molar-refractivity contribution in [3.05, 3.63) is 41.5 Å². The first-order valence-corrected chi connectivity index (χ1v) is 6.96. The topological polar surface area (TPSA) is 21.3 Å². The number of fused-ring (bicyclic) bond motifs is 1. The van der Waals surface area contributed by atoms with Crippen LogP contribution in [0.1, 0.15) is 30.4 Å². The predicted octanol–water partition coefficient (Wildman–Crippen LogP) is 2.86. The molecule has 2 nitrogen and oxygen atoms in total. The van der Waals surface area contributed by atoms with Crippen molar-refractivity contribution in [2.75, 3.05) is 13.2 Å². The van der Waals surface area contributed by atoms with Gasteiger partial charge in [0.2, 0.25) is 0 Å². The Kier molecular flexibility index (Phi) is 3.37. The molecule has 1 N–H and O–H groups in total. The first-order chi connectivity index (χ1) is 8.81. The third-order valence-corrected chi connectivity index (χ3v) is 3.73. The third kappa shape index (κ3) is 2.94. The van der Waals surface area contributed by atoms with E-state index in [4.69, 9.17) is 4.74 Å². The second-order valence-corrected chi connectivity index (χ2v) is 5.48. The van der Waals surface area contributed by atoms with Crippen molar-refractivity contribution in [2.24, 2.45) is 0 Å². The molecule has 1 aromatic rings. The maximum Gasteiger partial charge on any atom is 0.120 e. The molecule has 2 heteroatoms. The largest absolute Gasteiger partial charge is 0.489 e. The molecule has 0 radical (unpaired) electrons. The van der Waals surface area contributed by atoms with Gasteiger partial charge in [-0.1, -0.05) is 12.6 Å². The molecular weight excluding hydrogens is 222 g/mol. The lowest BCUT2D eigenvalue weighted by Gasteiger charge is -2.10. The summed E-state index contributed by atoms with van der Waals surface area (Å²) in [4.78, 5) is 0. The fraction of sp³-hybridized carbons (Fsp3) is 0.500. The Morgan fingerprint density at radius 1 is 1.28 bits per heavy atom. The number of aryl methyl sites for hydroxylation is 2. The third-order valence-electron chi connectivity index (χ3n) is 3.73. The zero-order valence-electron chi connectivity index (χ0n) is 10.9. The van der Waals surface area contributed by atoms with Gasteiger partial charge in [0.25, 0.3) is 0 Å². The summed E-state index contributed by atoms with van der Waals surface area (Å²) in [5.74, 6) is 0.989. The smallest absolute Gasteiger partial charge is 0.120 e. The molecular formula is C16H21NO. The van der Waals surface area contributed by atoms with Crippen LogP contribution in [0.3, 0.4) is 0 Å². The fourth-order valence-electron chi connectivity index (χ4n) is 2.45. The summed E-state index contributed by atoms with van der Waals surface area (Å²) < 4.78 is 5.81. The zero-order chi connectivity index (χ0) is 12.4. The molecule has 3 rings (SSSR count). The standard InChI is InChI=1S/C16H21NO/c1-12(10-17-15-6-7-15)11-18-16-8-5-13-3-2-4-14(13)9-16/h5,8-9,15,17H,1-4,6-7,10-11H2. The molecule has 0 atom stereocenters.